The molecular weight excluding hydrogens is 368 g/mol. The molecule has 150 valence electrons. The lowest BCUT2D eigenvalue weighted by Crippen LogP contribution is -2.23. The van der Waals surface area contributed by atoms with Gasteiger partial charge in [0.15, 0.2) is 23.0 Å². The number of phenolic OH excluding ortho intramolecular Hbond substituents is 1. The summed E-state index contributed by atoms with van der Waals surface area (Å²) in [6, 6.07) is 3.46. The minimum absolute atomic E-state index is 0.0157. The van der Waals surface area contributed by atoms with Gasteiger partial charge in [-0.1, -0.05) is 0 Å². The summed E-state index contributed by atoms with van der Waals surface area (Å²) < 4.78 is 39.5. The Hall–Kier alpha value is -3.16. The van der Waals surface area contributed by atoms with Gasteiger partial charge in [-0.05, 0) is 12.1 Å². The summed E-state index contributed by atoms with van der Waals surface area (Å²) in [4.78, 5) is 0. The number of methoxy groups -OCH3 is 5. The number of hydrogen-bond donors (Lipinski definition) is 1. The molecule has 8 nitrogen and oxygen atoms in total. The Balaban J connectivity index is 1.88. The van der Waals surface area contributed by atoms with Crippen LogP contribution in [0.1, 0.15) is 23.1 Å². The van der Waals surface area contributed by atoms with E-state index in [-0.39, 0.29) is 23.5 Å². The van der Waals surface area contributed by atoms with Crippen LogP contribution in [0.15, 0.2) is 12.1 Å². The van der Waals surface area contributed by atoms with Crippen LogP contribution >= 0.6 is 0 Å². The molecule has 2 aliphatic heterocycles. The van der Waals surface area contributed by atoms with Gasteiger partial charge in [-0.2, -0.15) is 0 Å². The van der Waals surface area contributed by atoms with Crippen molar-refractivity contribution in [3.05, 3.63) is 23.3 Å². The maximum absolute atomic E-state index is 10.3. The van der Waals surface area contributed by atoms with E-state index in [9.17, 15) is 5.11 Å². The molecule has 0 aromatic heterocycles. The molecule has 0 bridgehead atoms. The minimum atomic E-state index is -0.368. The fourth-order valence-electron chi connectivity index (χ4n) is 3.92. The van der Waals surface area contributed by atoms with Crippen LogP contribution in [0.5, 0.6) is 46.0 Å². The van der Waals surface area contributed by atoms with Gasteiger partial charge in [0, 0.05) is 11.1 Å². The average Bonchev–Trinajstić information content (AvgIpc) is 3.09. The Morgan fingerprint density at radius 1 is 0.786 bits per heavy atom. The van der Waals surface area contributed by atoms with E-state index in [2.05, 4.69) is 0 Å². The van der Waals surface area contributed by atoms with Crippen LogP contribution in [0.2, 0.25) is 0 Å². The number of hydrogen-bond acceptors (Lipinski definition) is 8. The van der Waals surface area contributed by atoms with Gasteiger partial charge in [0.05, 0.1) is 48.1 Å². The van der Waals surface area contributed by atoms with Gasteiger partial charge in [-0.25, -0.2) is 0 Å². The molecule has 2 aliphatic rings. The molecule has 2 aromatic carbocycles. The molecule has 28 heavy (non-hydrogen) atoms. The van der Waals surface area contributed by atoms with E-state index in [1.54, 1.807) is 27.4 Å². The van der Waals surface area contributed by atoms with E-state index in [4.69, 9.17) is 33.2 Å². The summed E-state index contributed by atoms with van der Waals surface area (Å²) in [5.74, 6) is 2.90. The first-order chi connectivity index (χ1) is 13.6. The zero-order valence-electron chi connectivity index (χ0n) is 16.3. The van der Waals surface area contributed by atoms with E-state index < -0.39 is 0 Å². The van der Waals surface area contributed by atoms with Crippen LogP contribution in [-0.2, 0) is 0 Å². The van der Waals surface area contributed by atoms with Gasteiger partial charge < -0.3 is 38.3 Å². The van der Waals surface area contributed by atoms with Gasteiger partial charge in [0.2, 0.25) is 23.0 Å². The molecule has 8 heteroatoms. The van der Waals surface area contributed by atoms with Crippen molar-refractivity contribution in [2.24, 2.45) is 0 Å². The molecule has 2 heterocycles. The number of ether oxygens (including phenoxy) is 7. The molecule has 0 amide bonds. The van der Waals surface area contributed by atoms with Crippen molar-refractivity contribution in [2.75, 3.05) is 42.2 Å². The van der Waals surface area contributed by atoms with Crippen LogP contribution in [0.25, 0.3) is 0 Å². The predicted octanol–water partition coefficient (Wildman–Crippen LogP) is 3.04. The van der Waals surface area contributed by atoms with E-state index in [1.807, 2.05) is 6.07 Å². The molecule has 4 rings (SSSR count). The van der Waals surface area contributed by atoms with Gasteiger partial charge in [-0.15, -0.1) is 0 Å². The lowest BCUT2D eigenvalue weighted by Gasteiger charge is -2.30. The van der Waals surface area contributed by atoms with Crippen LogP contribution in [-0.4, -0.2) is 47.3 Å². The molecule has 2 atom stereocenters. The van der Waals surface area contributed by atoms with E-state index >= 15 is 0 Å². The number of fused-ring (bicyclic) bond motifs is 5. The second kappa shape index (κ2) is 6.78. The zero-order valence-corrected chi connectivity index (χ0v) is 16.3. The summed E-state index contributed by atoms with van der Waals surface area (Å²) in [6.07, 6.45) is -0.368. The first-order valence-electron chi connectivity index (χ1n) is 8.69. The van der Waals surface area contributed by atoms with Crippen molar-refractivity contribution in [1.82, 2.24) is 0 Å². The standard InChI is InChI=1S/C20H22O8/c1-22-13-7-10-14-11(8-27-15(10)19(25-4)18(13)24-3)9-6-12(21)17(23-2)20(26-5)16(9)28-14/h6-7,11,14,21H,8H2,1-5H3/t11-,14-/m1/s1. The summed E-state index contributed by atoms with van der Waals surface area (Å²) in [5, 5.41) is 10.3. The van der Waals surface area contributed by atoms with Crippen molar-refractivity contribution >= 4 is 0 Å². The minimum Gasteiger partial charge on any atom is -0.504 e. The SMILES string of the molecule is COc1cc2c(c(OC)c1OC)OC[C@@H]1c3cc(O)c(OC)c(OC)c3O[C@H]21. The monoisotopic (exact) mass is 390 g/mol. The lowest BCUT2D eigenvalue weighted by atomic mass is 9.88. The number of aromatic hydroxyl groups is 1. The van der Waals surface area contributed by atoms with Crippen LogP contribution in [0.3, 0.4) is 0 Å². The first kappa shape index (κ1) is 18.2. The maximum atomic E-state index is 10.3. The summed E-state index contributed by atoms with van der Waals surface area (Å²) >= 11 is 0. The van der Waals surface area contributed by atoms with Crippen molar-refractivity contribution < 1.29 is 38.3 Å². The molecule has 0 radical (unpaired) electrons. The Kier molecular flexibility index (Phi) is 4.41. The predicted molar refractivity (Wildman–Crippen MR) is 98.9 cm³/mol. The highest BCUT2D eigenvalue weighted by Crippen LogP contribution is 2.61. The Morgan fingerprint density at radius 3 is 2.04 bits per heavy atom. The maximum Gasteiger partial charge on any atom is 0.207 e. The summed E-state index contributed by atoms with van der Waals surface area (Å²) in [5.41, 5.74) is 1.56. The third kappa shape index (κ3) is 2.37. The van der Waals surface area contributed by atoms with E-state index in [1.165, 1.54) is 14.2 Å². The van der Waals surface area contributed by atoms with E-state index in [0.717, 1.165) is 11.1 Å². The Labute approximate surface area is 162 Å². The number of benzene rings is 2. The second-order valence-electron chi connectivity index (χ2n) is 6.40. The van der Waals surface area contributed by atoms with E-state index in [0.29, 0.717) is 41.1 Å². The Bertz CT molecular complexity index is 923. The quantitative estimate of drug-likeness (QED) is 0.834. The van der Waals surface area contributed by atoms with Crippen LogP contribution in [0.4, 0.5) is 0 Å². The van der Waals surface area contributed by atoms with Crippen molar-refractivity contribution in [3.63, 3.8) is 0 Å². The molecular formula is C20H22O8. The molecule has 2 aromatic rings. The molecule has 0 spiro atoms. The van der Waals surface area contributed by atoms with Gasteiger partial charge in [0.25, 0.3) is 0 Å². The van der Waals surface area contributed by atoms with Crippen LogP contribution in [0, 0.1) is 0 Å². The average molecular weight is 390 g/mol. The Morgan fingerprint density at radius 2 is 1.43 bits per heavy atom. The van der Waals surface area contributed by atoms with Gasteiger partial charge >= 0.3 is 0 Å². The highest BCUT2D eigenvalue weighted by Gasteiger charge is 2.45. The van der Waals surface area contributed by atoms with Crippen molar-refractivity contribution in [3.8, 4) is 46.0 Å². The topological polar surface area (TPSA) is 84.8 Å². The van der Waals surface area contributed by atoms with Crippen molar-refractivity contribution in [2.45, 2.75) is 12.0 Å². The second-order valence-corrected chi connectivity index (χ2v) is 6.40. The fourth-order valence-corrected chi connectivity index (χ4v) is 3.92. The number of rotatable bonds is 5. The molecule has 1 N–H and O–H groups in total. The molecule has 0 saturated heterocycles. The molecule has 0 aliphatic carbocycles. The van der Waals surface area contributed by atoms with Crippen LogP contribution < -0.4 is 33.2 Å². The smallest absolute Gasteiger partial charge is 0.207 e. The summed E-state index contributed by atoms with van der Waals surface area (Å²) in [6.45, 7) is 0.339. The normalized spacial score (nSPS) is 18.8. The summed E-state index contributed by atoms with van der Waals surface area (Å²) in [7, 11) is 7.61. The number of phenols is 1. The third-order valence-corrected chi connectivity index (χ3v) is 5.14. The highest BCUT2D eigenvalue weighted by molar-refractivity contribution is 5.69. The van der Waals surface area contributed by atoms with Crippen molar-refractivity contribution in [1.29, 1.82) is 0 Å². The highest BCUT2D eigenvalue weighted by atomic mass is 16.6. The molecule has 0 unspecified atom stereocenters. The fraction of sp³-hybridized carbons (Fsp3) is 0.400. The third-order valence-electron chi connectivity index (χ3n) is 5.14. The lowest BCUT2D eigenvalue weighted by molar-refractivity contribution is 0.131. The molecule has 0 fully saturated rings. The molecule has 0 saturated carbocycles. The largest absolute Gasteiger partial charge is 0.504 e. The zero-order chi connectivity index (χ0) is 20.0. The van der Waals surface area contributed by atoms with Gasteiger partial charge in [-0.3, -0.25) is 0 Å². The van der Waals surface area contributed by atoms with Gasteiger partial charge in [0.1, 0.15) is 6.10 Å². The first-order valence-corrected chi connectivity index (χ1v) is 8.69.